The molecule has 0 aliphatic carbocycles. The Morgan fingerprint density at radius 1 is 1.08 bits per heavy atom. The Hall–Kier alpha value is -0.850. The Morgan fingerprint density at radius 2 is 1.64 bits per heavy atom. The van der Waals surface area contributed by atoms with Gasteiger partial charge in [-0.05, 0) is 67.5 Å². The van der Waals surface area contributed by atoms with E-state index in [1.54, 1.807) is 0 Å². The molecule has 7 heteroatoms. The summed E-state index contributed by atoms with van der Waals surface area (Å²) in [6.07, 6.45) is 2.89. The van der Waals surface area contributed by atoms with Crippen molar-refractivity contribution in [2.75, 3.05) is 26.7 Å². The first-order chi connectivity index (χ1) is 11.1. The lowest BCUT2D eigenvalue weighted by Crippen LogP contribution is -2.52. The molecule has 0 aromatic rings. The number of carboxylic acids is 1. The van der Waals surface area contributed by atoms with Gasteiger partial charge in [-0.15, -0.1) is 12.4 Å². The van der Waals surface area contributed by atoms with E-state index in [-0.39, 0.29) is 49.0 Å². The number of carboxylic acid groups (broad SMARTS) is 1. The van der Waals surface area contributed by atoms with Crippen molar-refractivity contribution in [1.82, 2.24) is 14.7 Å². The molecule has 1 amide bonds. The molecule has 1 heterocycles. The van der Waals surface area contributed by atoms with Crippen LogP contribution in [0.1, 0.15) is 53.9 Å². The Morgan fingerprint density at radius 3 is 2.12 bits per heavy atom. The van der Waals surface area contributed by atoms with E-state index in [1.807, 2.05) is 23.8 Å². The number of carbonyl (C=O) groups excluding carboxylic acids is 1. The van der Waals surface area contributed by atoms with Gasteiger partial charge in [-0.2, -0.15) is 0 Å². The second-order valence-corrected chi connectivity index (χ2v) is 7.54. The zero-order valence-corrected chi connectivity index (χ0v) is 17.4. The minimum absolute atomic E-state index is 0. The SMILES string of the molecule is CC(C(=O)N(C(C)C)C(C)C)N1CCCC(N(C)CC(=O)O)CC1.Cl. The predicted molar refractivity (Wildman–Crippen MR) is 103 cm³/mol. The number of hydrogen-bond donors (Lipinski definition) is 1. The Labute approximate surface area is 158 Å². The van der Waals surface area contributed by atoms with Gasteiger partial charge < -0.3 is 10.0 Å². The van der Waals surface area contributed by atoms with E-state index in [1.165, 1.54) is 0 Å². The molecular formula is C18H36ClN3O3. The number of nitrogens with zero attached hydrogens (tertiary/aromatic N) is 3. The van der Waals surface area contributed by atoms with Gasteiger partial charge in [-0.1, -0.05) is 0 Å². The van der Waals surface area contributed by atoms with Crippen LogP contribution in [0.5, 0.6) is 0 Å². The van der Waals surface area contributed by atoms with Gasteiger partial charge in [0.1, 0.15) is 0 Å². The standard InChI is InChI=1S/C18H35N3O3.ClH/c1-13(2)21(14(3)4)18(24)15(5)20-10-7-8-16(9-11-20)19(6)12-17(22)23;/h13-16H,7-12H2,1-6H3,(H,22,23);1H. The van der Waals surface area contributed by atoms with Crippen LogP contribution < -0.4 is 0 Å². The molecule has 2 atom stereocenters. The van der Waals surface area contributed by atoms with Crippen molar-refractivity contribution in [1.29, 1.82) is 0 Å². The van der Waals surface area contributed by atoms with Gasteiger partial charge in [-0.25, -0.2) is 0 Å². The van der Waals surface area contributed by atoms with E-state index < -0.39 is 5.97 Å². The first-order valence-electron chi connectivity index (χ1n) is 9.13. The van der Waals surface area contributed by atoms with E-state index in [9.17, 15) is 9.59 Å². The molecule has 1 aliphatic rings. The topological polar surface area (TPSA) is 64.1 Å². The van der Waals surface area contributed by atoms with Crippen LogP contribution in [0.4, 0.5) is 0 Å². The lowest BCUT2D eigenvalue weighted by atomic mass is 10.1. The number of hydrogen-bond acceptors (Lipinski definition) is 4. The molecule has 0 aromatic heterocycles. The average molecular weight is 378 g/mol. The summed E-state index contributed by atoms with van der Waals surface area (Å²) in [5, 5.41) is 8.96. The highest BCUT2D eigenvalue weighted by Crippen LogP contribution is 2.19. The van der Waals surface area contributed by atoms with Crippen LogP contribution in [0.2, 0.25) is 0 Å². The van der Waals surface area contributed by atoms with Crippen LogP contribution in [0.3, 0.4) is 0 Å². The summed E-state index contributed by atoms with van der Waals surface area (Å²) in [5.74, 6) is -0.594. The number of likely N-dealkylation sites (N-methyl/N-ethyl adjacent to an activating group) is 1. The van der Waals surface area contributed by atoms with Crippen molar-refractivity contribution in [3.8, 4) is 0 Å². The molecule has 1 rings (SSSR count). The van der Waals surface area contributed by atoms with E-state index in [0.717, 1.165) is 32.4 Å². The molecule has 1 N–H and O–H groups in total. The maximum atomic E-state index is 12.9. The van der Waals surface area contributed by atoms with Gasteiger partial charge in [0, 0.05) is 24.7 Å². The molecule has 0 radical (unpaired) electrons. The van der Waals surface area contributed by atoms with Crippen molar-refractivity contribution in [2.45, 2.75) is 78.0 Å². The summed E-state index contributed by atoms with van der Waals surface area (Å²) in [4.78, 5) is 29.9. The van der Waals surface area contributed by atoms with Crippen molar-refractivity contribution in [2.24, 2.45) is 0 Å². The van der Waals surface area contributed by atoms with Gasteiger partial charge >= 0.3 is 5.97 Å². The summed E-state index contributed by atoms with van der Waals surface area (Å²) in [5.41, 5.74) is 0. The van der Waals surface area contributed by atoms with Crippen LogP contribution in [-0.2, 0) is 9.59 Å². The number of likely N-dealkylation sites (tertiary alicyclic amines) is 1. The van der Waals surface area contributed by atoms with Crippen molar-refractivity contribution in [3.05, 3.63) is 0 Å². The molecule has 0 spiro atoms. The molecule has 25 heavy (non-hydrogen) atoms. The molecule has 1 saturated heterocycles. The number of aliphatic carboxylic acids is 1. The van der Waals surface area contributed by atoms with Gasteiger partial charge in [0.15, 0.2) is 0 Å². The number of amides is 1. The van der Waals surface area contributed by atoms with E-state index in [4.69, 9.17) is 5.11 Å². The largest absolute Gasteiger partial charge is 0.480 e. The van der Waals surface area contributed by atoms with Crippen LogP contribution in [0.15, 0.2) is 0 Å². The monoisotopic (exact) mass is 377 g/mol. The maximum Gasteiger partial charge on any atom is 0.317 e. The van der Waals surface area contributed by atoms with Gasteiger partial charge in [0.25, 0.3) is 0 Å². The molecule has 1 aliphatic heterocycles. The minimum atomic E-state index is -0.786. The van der Waals surface area contributed by atoms with Crippen molar-refractivity contribution < 1.29 is 14.7 Å². The molecule has 0 saturated carbocycles. The fourth-order valence-corrected chi connectivity index (χ4v) is 3.75. The van der Waals surface area contributed by atoms with Gasteiger partial charge in [0.05, 0.1) is 12.6 Å². The Bertz CT molecular complexity index is 424. The predicted octanol–water partition coefficient (Wildman–Crippen LogP) is 2.31. The van der Waals surface area contributed by atoms with E-state index in [0.29, 0.717) is 0 Å². The second kappa shape index (κ2) is 11.0. The smallest absolute Gasteiger partial charge is 0.317 e. The average Bonchev–Trinajstić information content (AvgIpc) is 2.70. The quantitative estimate of drug-likeness (QED) is 0.737. The molecule has 2 unspecified atom stereocenters. The number of halogens is 1. The highest BCUT2D eigenvalue weighted by atomic mass is 35.5. The summed E-state index contributed by atoms with van der Waals surface area (Å²) in [6.45, 7) is 12.1. The minimum Gasteiger partial charge on any atom is -0.480 e. The third-order valence-electron chi connectivity index (χ3n) is 5.01. The van der Waals surface area contributed by atoms with E-state index >= 15 is 0 Å². The van der Waals surface area contributed by atoms with Crippen molar-refractivity contribution >= 4 is 24.3 Å². The fraction of sp³-hybridized carbons (Fsp3) is 0.889. The maximum absolute atomic E-state index is 12.9. The summed E-state index contributed by atoms with van der Waals surface area (Å²) in [7, 11) is 1.88. The van der Waals surface area contributed by atoms with Crippen LogP contribution >= 0.6 is 12.4 Å². The number of rotatable bonds is 7. The lowest BCUT2D eigenvalue weighted by molar-refractivity contribution is -0.140. The molecule has 148 valence electrons. The zero-order chi connectivity index (χ0) is 18.4. The molecule has 0 bridgehead atoms. The molecular weight excluding hydrogens is 342 g/mol. The second-order valence-electron chi connectivity index (χ2n) is 7.54. The van der Waals surface area contributed by atoms with E-state index in [2.05, 4.69) is 32.6 Å². The van der Waals surface area contributed by atoms with Gasteiger partial charge in [0.2, 0.25) is 5.91 Å². The highest BCUT2D eigenvalue weighted by Gasteiger charge is 2.31. The molecule has 0 aromatic carbocycles. The zero-order valence-electron chi connectivity index (χ0n) is 16.6. The van der Waals surface area contributed by atoms with Crippen molar-refractivity contribution in [3.63, 3.8) is 0 Å². The van der Waals surface area contributed by atoms with Gasteiger partial charge in [-0.3, -0.25) is 19.4 Å². The fourth-order valence-electron chi connectivity index (χ4n) is 3.75. The third kappa shape index (κ3) is 7.12. The normalized spacial score (nSPS) is 20.3. The first kappa shape index (κ1) is 24.1. The Balaban J connectivity index is 0.00000576. The highest BCUT2D eigenvalue weighted by molar-refractivity contribution is 5.85. The molecule has 6 nitrogen and oxygen atoms in total. The summed E-state index contributed by atoms with van der Waals surface area (Å²) >= 11 is 0. The number of carbonyl (C=O) groups is 2. The molecule has 1 fully saturated rings. The van der Waals surface area contributed by atoms with Crippen LogP contribution in [-0.4, -0.2) is 82.5 Å². The summed E-state index contributed by atoms with van der Waals surface area (Å²) < 4.78 is 0. The third-order valence-corrected chi connectivity index (χ3v) is 5.01. The Kier molecular flexibility index (Phi) is 10.6. The van der Waals surface area contributed by atoms with Crippen LogP contribution in [0.25, 0.3) is 0 Å². The first-order valence-corrected chi connectivity index (χ1v) is 9.13. The summed E-state index contributed by atoms with van der Waals surface area (Å²) in [6, 6.07) is 0.542. The lowest BCUT2D eigenvalue weighted by Gasteiger charge is -2.36. The van der Waals surface area contributed by atoms with Crippen LogP contribution in [0, 0.1) is 0 Å².